The molecule has 16 nitrogen and oxygen atoms in total. The van der Waals surface area contributed by atoms with E-state index in [0.717, 1.165) is 90.6 Å². The maximum absolute atomic E-state index is 11.5. The summed E-state index contributed by atoms with van der Waals surface area (Å²) in [5, 5.41) is 3.62. The van der Waals surface area contributed by atoms with Gasteiger partial charge in [-0.1, -0.05) is 346 Å². The summed E-state index contributed by atoms with van der Waals surface area (Å²) < 4.78 is 68.9. The number of carbonyl (C=O) groups excluding carboxylic acids is 2. The third-order valence-electron chi connectivity index (χ3n) is 38.4. The summed E-state index contributed by atoms with van der Waals surface area (Å²) in [6.07, 6.45) is 15.6. The fourth-order valence-electron chi connectivity index (χ4n) is 29.7. The first-order valence-electron chi connectivity index (χ1n) is 53.1. The van der Waals surface area contributed by atoms with Crippen molar-refractivity contribution in [3.05, 3.63) is 179 Å². The molecule has 24 rings (SSSR count). The Hall–Kier alpha value is -4.92. The van der Waals surface area contributed by atoms with E-state index in [1.165, 1.54) is 105 Å². The van der Waals surface area contributed by atoms with Crippen molar-refractivity contribution < 1.29 is 65.6 Å². The van der Waals surface area contributed by atoms with E-state index in [2.05, 4.69) is 327 Å². The van der Waals surface area contributed by atoms with Crippen LogP contribution in [-0.4, -0.2) is 147 Å². The van der Waals surface area contributed by atoms with E-state index in [9.17, 15) is 9.59 Å². The number of ether oxygens (including phenoxy) is 2. The number of nitrogens with zero attached hydrogens (tertiary/aromatic N) is 1. The molecular formula is C110H170B8N2O14. The molecule has 11 aliphatic carbocycles. The van der Waals surface area contributed by atoms with Crippen LogP contribution in [-0.2, 0) is 82.4 Å². The van der Waals surface area contributed by atoms with Crippen LogP contribution in [0.5, 0.6) is 0 Å². The van der Waals surface area contributed by atoms with Crippen LogP contribution >= 0.6 is 0 Å². The normalized spacial score (nSPS) is 36.3. The Morgan fingerprint density at radius 3 is 1.27 bits per heavy atom. The first-order chi connectivity index (χ1) is 63.3. The summed E-state index contributed by atoms with van der Waals surface area (Å²) in [5.41, 5.74) is 7.47. The zero-order chi connectivity index (χ0) is 97.1. The second-order valence-corrected chi connectivity index (χ2v) is 47.8. The molecule has 728 valence electrons. The van der Waals surface area contributed by atoms with Crippen LogP contribution in [0.2, 0.25) is 77.9 Å². The lowest BCUT2D eigenvalue weighted by Crippen LogP contribution is -2.63. The van der Waals surface area contributed by atoms with Crippen molar-refractivity contribution in [1.29, 1.82) is 0 Å². The Morgan fingerprint density at radius 1 is 0.455 bits per heavy atom. The van der Waals surface area contributed by atoms with Gasteiger partial charge in [0.05, 0.1) is 43.2 Å². The van der Waals surface area contributed by atoms with Crippen LogP contribution in [0.15, 0.2) is 152 Å². The van der Waals surface area contributed by atoms with Crippen molar-refractivity contribution >= 4 is 67.9 Å². The zero-order valence-corrected chi connectivity index (χ0v) is 88.2. The fourth-order valence-corrected chi connectivity index (χ4v) is 29.7. The van der Waals surface area contributed by atoms with Crippen molar-refractivity contribution in [3.63, 3.8) is 0 Å². The molecule has 5 aromatic rings. The number of fused-ring (bicyclic) bond motifs is 10. The SMILES string of the molecule is CB(C1CC2C[C@H]([C@H]1C)C2(C)C)C1CC2C[C@H]([C@H]1C)C2(C)C.CB1N[C@@H](C(C)C)C(c2ccccc2)(c2ccccc2)O1.CB1OC(c2ccccc2)(c2ccccc2)[C@@H]2CCCN12.CB1O[C@@H]2[C@@H]3CC(C[C@]2(C)O1)C3(C)C.CB1O[C@H](C(C)C)[C@@H](C(C)C)O1.CB1O[C@H]2[C@@H]3CC[C@@](C)(C3(C)C)[C@@]2(c2ccccc2)O1.CB1[C@H](C)CC[C@H]1C.CCOC(=O)[C@H]1OB(C)O[C@@H]1C(=O)OCC. The van der Waals surface area contributed by atoms with Gasteiger partial charge in [-0.05, 0) is 240 Å². The number of hydrogen-bond acceptors (Lipinski definition) is 16. The topological polar surface area (TPSA) is 160 Å². The molecule has 19 fully saturated rings. The van der Waals surface area contributed by atoms with Crippen molar-refractivity contribution in [1.82, 2.24) is 10.0 Å². The molecule has 19 aliphatic rings. The van der Waals surface area contributed by atoms with Gasteiger partial charge in [-0.25, -0.2) is 9.59 Å². The zero-order valence-electron chi connectivity index (χ0n) is 88.2. The minimum Gasteiger partial charge on any atom is -0.464 e. The third kappa shape index (κ3) is 19.6. The van der Waals surface area contributed by atoms with Crippen LogP contribution in [0.3, 0.4) is 0 Å². The molecule has 8 aliphatic heterocycles. The van der Waals surface area contributed by atoms with Crippen LogP contribution in [0.1, 0.15) is 257 Å². The highest BCUT2D eigenvalue weighted by molar-refractivity contribution is 6.61. The quantitative estimate of drug-likeness (QED) is 0.0825. The summed E-state index contributed by atoms with van der Waals surface area (Å²) in [6.45, 7) is 71.4. The highest BCUT2D eigenvalue weighted by atomic mass is 16.7. The smallest absolute Gasteiger partial charge is 0.454 e. The molecule has 8 heterocycles. The minimum absolute atomic E-state index is 0.000139. The molecule has 8 saturated heterocycles. The van der Waals surface area contributed by atoms with E-state index in [4.69, 9.17) is 56.0 Å². The molecular weight excluding hydrogens is 1660 g/mol. The van der Waals surface area contributed by atoms with E-state index >= 15 is 0 Å². The molecule has 5 aromatic carbocycles. The highest BCUT2D eigenvalue weighted by Gasteiger charge is 2.78. The lowest BCUT2D eigenvalue weighted by atomic mass is 9.22. The molecule has 24 atom stereocenters. The van der Waals surface area contributed by atoms with Gasteiger partial charge in [0.15, 0.2) is 12.2 Å². The largest absolute Gasteiger partial charge is 0.464 e. The first kappa shape index (κ1) is 105. The Morgan fingerprint density at radius 2 is 0.866 bits per heavy atom. The monoisotopic (exact) mass is 1830 g/mol. The Balaban J connectivity index is 0.000000125. The van der Waals surface area contributed by atoms with Crippen LogP contribution < -0.4 is 5.23 Å². The second-order valence-electron chi connectivity index (χ2n) is 47.8. The van der Waals surface area contributed by atoms with E-state index in [1.807, 2.05) is 20.5 Å². The molecule has 0 radical (unpaired) electrons. The van der Waals surface area contributed by atoms with Gasteiger partial charge in [0, 0.05) is 17.5 Å². The Kier molecular flexibility index (Phi) is 32.8. The van der Waals surface area contributed by atoms with Gasteiger partial charge >= 0.3 is 54.5 Å². The first-order valence-corrected chi connectivity index (χ1v) is 53.1. The number of nitrogens with one attached hydrogen (secondary N) is 1. The summed E-state index contributed by atoms with van der Waals surface area (Å²) in [5.74, 6) is 12.6. The summed E-state index contributed by atoms with van der Waals surface area (Å²) in [7, 11) is -0.527. The van der Waals surface area contributed by atoms with Gasteiger partial charge in [0.25, 0.3) is 0 Å². The van der Waals surface area contributed by atoms with Gasteiger partial charge in [0.1, 0.15) is 30.2 Å². The average molecular weight is 1830 g/mol. The lowest BCUT2D eigenvalue weighted by Gasteiger charge is -2.66. The van der Waals surface area contributed by atoms with E-state index in [0.29, 0.717) is 52.1 Å². The Bertz CT molecular complexity index is 4370. The maximum Gasteiger partial charge on any atom is 0.454 e. The number of esters is 2. The van der Waals surface area contributed by atoms with E-state index in [1.54, 1.807) is 20.7 Å². The molecule has 8 bridgehead atoms. The molecule has 24 heteroatoms. The number of hydrogen-bond donors (Lipinski definition) is 1. The number of rotatable bonds is 14. The summed E-state index contributed by atoms with van der Waals surface area (Å²) in [6, 6.07) is 54.0. The van der Waals surface area contributed by atoms with Crippen molar-refractivity contribution in [2.75, 3.05) is 19.8 Å². The molecule has 134 heavy (non-hydrogen) atoms. The standard InChI is InChI=1S/C21H37B.C18H20BNO.C18H22BNO.C17H23BO2.C11H19BO2.C9H15BO6.C9H19BO2.C7H15B/c1-12-16-8-14(20(16,3)4)10-18(12)22(7)19-11-15-9-17(13(19)2)21(15,5)6;1-19-20-14-8-13-17(20)18(21-19,15-9-4-2-5-10-15)16-11-6-3-7-12-16;1-14(2)17-18(21-19(3)20-17,15-10-6-4-7-11-15)16-12-8-5-9-13-16;1-15(2)13-10-11-16(15,3)17(12-8-6-5-7-9-12)14(13)19-18(4)20-17;1-10(2)7-5-8(10)9-11(3,6-7)14-12(4)13-9;1-4-13-8(11)6-7(9(12)14-5-2)16-10(3)15-6;1-6(2)8-9(7(3)4)12-10(5)11-8;1-6-4-5-7(2)8(6)3/h12-19H,8-11H2,1-7H3;2-7,9-12,17H,8,13-14H2,1H3;4-14,17,20H,1-3H3;5-9,13-14H,10-11H2,1-4H3;7-9H,5-6H2,1-4H3;6-7H,4-5H2,1-3H3;6-9H,1-5H3;6-7H,4-5H2,1-3H3/t12-,13-,14?,15?,16-,17-,18?,19?;2*17-;13-,14-,16-,17-;7?,8-,9+,11-;6-,7-;8-,9-;6-,7-/m10000011/s1. The molecule has 5 unspecified atom stereocenters. The predicted molar refractivity (Wildman–Crippen MR) is 553 cm³/mol. The van der Waals surface area contributed by atoms with Crippen molar-refractivity contribution in [2.24, 2.45) is 98.1 Å². The molecule has 11 saturated carbocycles. The van der Waals surface area contributed by atoms with E-state index in [-0.39, 0.29) is 101 Å². The second kappa shape index (κ2) is 41.9. The summed E-state index contributed by atoms with van der Waals surface area (Å²) >= 11 is 0. The predicted octanol–water partition coefficient (Wildman–Crippen LogP) is 24.6. The van der Waals surface area contributed by atoms with Crippen molar-refractivity contribution in [3.8, 4) is 0 Å². The van der Waals surface area contributed by atoms with Crippen LogP contribution in [0.4, 0.5) is 0 Å². The number of benzene rings is 5. The molecule has 0 aromatic heterocycles. The number of carbonyl (C=O) groups is 2. The molecule has 1 N–H and O–H groups in total. The lowest BCUT2D eigenvalue weighted by molar-refractivity contribution is -0.185. The maximum atomic E-state index is 11.5. The molecule has 0 spiro atoms. The van der Waals surface area contributed by atoms with Gasteiger partial charge < -0.3 is 66.1 Å². The average Bonchev–Trinajstić information content (AvgIpc) is 1.48. The molecule has 0 amide bonds. The van der Waals surface area contributed by atoms with Gasteiger partial charge in [0.2, 0.25) is 0 Å². The van der Waals surface area contributed by atoms with Gasteiger partial charge in [-0.2, -0.15) is 0 Å². The third-order valence-corrected chi connectivity index (χ3v) is 38.4. The minimum atomic E-state index is -1.03. The van der Waals surface area contributed by atoms with Crippen LogP contribution in [0, 0.1) is 98.1 Å². The Labute approximate surface area is 814 Å². The summed E-state index contributed by atoms with van der Waals surface area (Å²) in [4.78, 5) is 25.5. The van der Waals surface area contributed by atoms with E-state index < -0.39 is 36.9 Å². The van der Waals surface area contributed by atoms with Crippen molar-refractivity contribution in [2.45, 2.75) is 378 Å². The fraction of sp³-hybridized carbons (Fsp3) is 0.709. The van der Waals surface area contributed by atoms with Crippen LogP contribution in [0.25, 0.3) is 0 Å². The van der Waals surface area contributed by atoms with Gasteiger partial charge in [-0.15, -0.1) is 0 Å². The van der Waals surface area contributed by atoms with Gasteiger partial charge in [-0.3, -0.25) is 0 Å². The highest BCUT2D eigenvalue weighted by Crippen LogP contribution is 2.77.